The van der Waals surface area contributed by atoms with Crippen molar-refractivity contribution in [3.8, 4) is 0 Å². The summed E-state index contributed by atoms with van der Waals surface area (Å²) in [6, 6.07) is 24.2. The van der Waals surface area contributed by atoms with Crippen LogP contribution in [0, 0.1) is 17.7 Å². The average molecular weight is 573 g/mol. The number of hydrogen-bond acceptors (Lipinski definition) is 5. The lowest BCUT2D eigenvalue weighted by atomic mass is 9.93. The van der Waals surface area contributed by atoms with Crippen molar-refractivity contribution in [3.05, 3.63) is 120 Å². The predicted octanol–water partition coefficient (Wildman–Crippen LogP) is 4.76. The molecule has 3 aromatic rings. The summed E-state index contributed by atoms with van der Waals surface area (Å²) in [5.74, 6) is -2.45. The SMILES string of the molecule is O=C1N[C@@H](c2ccccc2)COC(=O)[C@@H](Cc2ccc(F)cc2)C/C=C\C[C@@H]1CC(=O)N(CCO)Cc1ccccc1. The van der Waals surface area contributed by atoms with Crippen LogP contribution in [0.2, 0.25) is 0 Å². The highest BCUT2D eigenvalue weighted by Gasteiger charge is 2.29. The summed E-state index contributed by atoms with van der Waals surface area (Å²) in [4.78, 5) is 41.7. The fourth-order valence-corrected chi connectivity index (χ4v) is 5.01. The number of allylic oxidation sites excluding steroid dienone is 2. The number of carbonyl (C=O) groups excluding carboxylic acids is 3. The number of ether oxygens (including phenoxy) is 1. The van der Waals surface area contributed by atoms with Crippen molar-refractivity contribution in [2.45, 2.75) is 38.3 Å². The smallest absolute Gasteiger partial charge is 0.309 e. The van der Waals surface area contributed by atoms with E-state index in [-0.39, 0.29) is 43.8 Å². The largest absolute Gasteiger partial charge is 0.463 e. The number of aliphatic hydroxyl groups is 1. The maximum atomic E-state index is 13.6. The number of benzene rings is 3. The van der Waals surface area contributed by atoms with Gasteiger partial charge in [0.2, 0.25) is 11.8 Å². The Balaban J connectivity index is 1.55. The number of hydrogen-bond donors (Lipinski definition) is 2. The summed E-state index contributed by atoms with van der Waals surface area (Å²) in [6.45, 7) is 0.236. The number of esters is 1. The number of amides is 2. The molecule has 3 atom stereocenters. The highest BCUT2D eigenvalue weighted by molar-refractivity contribution is 5.86. The molecule has 220 valence electrons. The van der Waals surface area contributed by atoms with Gasteiger partial charge in [0.1, 0.15) is 12.4 Å². The van der Waals surface area contributed by atoms with E-state index in [1.54, 1.807) is 17.0 Å². The van der Waals surface area contributed by atoms with Crippen LogP contribution in [-0.2, 0) is 32.1 Å². The molecule has 2 amide bonds. The first-order valence-corrected chi connectivity index (χ1v) is 14.3. The van der Waals surface area contributed by atoms with Gasteiger partial charge in [0, 0.05) is 19.5 Å². The van der Waals surface area contributed by atoms with Crippen molar-refractivity contribution < 1.29 is 28.6 Å². The molecule has 42 heavy (non-hydrogen) atoms. The third-order valence-electron chi connectivity index (χ3n) is 7.38. The summed E-state index contributed by atoms with van der Waals surface area (Å²) < 4.78 is 19.2. The molecule has 1 heterocycles. The van der Waals surface area contributed by atoms with Crippen molar-refractivity contribution in [1.82, 2.24) is 10.2 Å². The number of cyclic esters (lactones) is 1. The van der Waals surface area contributed by atoms with Gasteiger partial charge in [0.25, 0.3) is 0 Å². The normalized spacial score (nSPS) is 20.4. The van der Waals surface area contributed by atoms with Crippen molar-refractivity contribution >= 4 is 17.8 Å². The minimum atomic E-state index is -0.664. The Bertz CT molecular complexity index is 1330. The number of rotatable bonds is 9. The van der Waals surface area contributed by atoms with Crippen molar-refractivity contribution in [3.63, 3.8) is 0 Å². The first-order chi connectivity index (χ1) is 20.4. The van der Waals surface area contributed by atoms with Gasteiger partial charge in [-0.25, -0.2) is 4.39 Å². The molecule has 8 heteroatoms. The molecule has 2 N–H and O–H groups in total. The third-order valence-corrected chi connectivity index (χ3v) is 7.38. The Morgan fingerprint density at radius 1 is 0.881 bits per heavy atom. The van der Waals surface area contributed by atoms with E-state index in [2.05, 4.69) is 5.32 Å². The van der Waals surface area contributed by atoms with Gasteiger partial charge in [-0.2, -0.15) is 0 Å². The topological polar surface area (TPSA) is 95.9 Å². The Morgan fingerprint density at radius 2 is 1.52 bits per heavy atom. The first-order valence-electron chi connectivity index (χ1n) is 14.3. The quantitative estimate of drug-likeness (QED) is 0.285. The molecular formula is C34H37FN2O5. The lowest BCUT2D eigenvalue weighted by molar-refractivity contribution is -0.150. The van der Waals surface area contributed by atoms with Crippen LogP contribution in [0.25, 0.3) is 0 Å². The molecule has 1 aliphatic rings. The van der Waals surface area contributed by atoms with Gasteiger partial charge < -0.3 is 20.1 Å². The van der Waals surface area contributed by atoms with Crippen LogP contribution >= 0.6 is 0 Å². The van der Waals surface area contributed by atoms with Crippen LogP contribution in [0.4, 0.5) is 4.39 Å². The summed E-state index contributed by atoms with van der Waals surface area (Å²) in [6.07, 6.45) is 4.68. The van der Waals surface area contributed by atoms with Crippen LogP contribution < -0.4 is 5.32 Å². The molecule has 0 aliphatic carbocycles. The zero-order valence-electron chi connectivity index (χ0n) is 23.5. The number of aliphatic hydroxyl groups excluding tert-OH is 1. The van der Waals surface area contributed by atoms with Crippen molar-refractivity contribution in [2.75, 3.05) is 19.8 Å². The van der Waals surface area contributed by atoms with E-state index in [4.69, 9.17) is 4.74 Å². The van der Waals surface area contributed by atoms with Crippen LogP contribution in [0.1, 0.15) is 42.0 Å². The second-order valence-corrected chi connectivity index (χ2v) is 10.5. The van der Waals surface area contributed by atoms with Gasteiger partial charge >= 0.3 is 5.97 Å². The molecular weight excluding hydrogens is 535 g/mol. The third kappa shape index (κ3) is 9.11. The van der Waals surface area contributed by atoms with E-state index in [0.717, 1.165) is 16.7 Å². The molecule has 4 rings (SSSR count). The number of nitrogens with one attached hydrogen (secondary N) is 1. The van der Waals surface area contributed by atoms with Gasteiger partial charge in [-0.05, 0) is 48.1 Å². The minimum Gasteiger partial charge on any atom is -0.463 e. The molecule has 0 aromatic heterocycles. The Kier molecular flexibility index (Phi) is 11.4. The highest BCUT2D eigenvalue weighted by atomic mass is 19.1. The molecule has 0 bridgehead atoms. The van der Waals surface area contributed by atoms with Crippen molar-refractivity contribution in [1.29, 1.82) is 0 Å². The lowest BCUT2D eigenvalue weighted by Crippen LogP contribution is -2.40. The number of carbonyl (C=O) groups is 3. The van der Waals surface area contributed by atoms with E-state index in [0.29, 0.717) is 25.8 Å². The second-order valence-electron chi connectivity index (χ2n) is 10.5. The fraction of sp³-hybridized carbons (Fsp3) is 0.324. The first kappa shape index (κ1) is 30.7. The van der Waals surface area contributed by atoms with E-state index in [1.807, 2.05) is 72.8 Å². The zero-order chi connectivity index (χ0) is 29.7. The molecule has 0 spiro atoms. The lowest BCUT2D eigenvalue weighted by Gasteiger charge is -2.27. The van der Waals surface area contributed by atoms with Gasteiger partial charge in [0.05, 0.1) is 24.5 Å². The van der Waals surface area contributed by atoms with Crippen LogP contribution in [0.3, 0.4) is 0 Å². The van der Waals surface area contributed by atoms with Gasteiger partial charge in [-0.3, -0.25) is 14.4 Å². The van der Waals surface area contributed by atoms with Gasteiger partial charge in [-0.1, -0.05) is 84.9 Å². The molecule has 0 fully saturated rings. The van der Waals surface area contributed by atoms with E-state index < -0.39 is 23.8 Å². The van der Waals surface area contributed by atoms with Crippen molar-refractivity contribution in [2.24, 2.45) is 11.8 Å². The number of nitrogens with zero attached hydrogens (tertiary/aromatic N) is 1. The Hall–Kier alpha value is -4.30. The maximum absolute atomic E-state index is 13.6. The number of halogens is 1. The standard InChI is InChI=1S/C34H37FN2O5/c35-30-17-15-25(16-18-30)21-29-14-8-7-13-28(22-32(39)37(19-20-38)23-26-9-3-1-4-10-26)33(40)36-31(24-42-34(29)41)27-11-5-2-6-12-27/h1-12,15-18,28-29,31,38H,13-14,19-24H2,(H,36,40)/b8-7-/t28-,29-,31-/m1/s1. The van der Waals surface area contributed by atoms with E-state index >= 15 is 0 Å². The monoisotopic (exact) mass is 572 g/mol. The van der Waals surface area contributed by atoms with Gasteiger partial charge in [0.15, 0.2) is 0 Å². The van der Waals surface area contributed by atoms with Crippen LogP contribution in [0.5, 0.6) is 0 Å². The van der Waals surface area contributed by atoms with E-state index in [9.17, 15) is 23.9 Å². The molecule has 0 saturated heterocycles. The summed E-state index contributed by atoms with van der Waals surface area (Å²) in [7, 11) is 0. The predicted molar refractivity (Wildman–Crippen MR) is 157 cm³/mol. The van der Waals surface area contributed by atoms with Crippen LogP contribution in [-0.4, -0.2) is 47.5 Å². The molecule has 0 radical (unpaired) electrons. The minimum absolute atomic E-state index is 0.0384. The summed E-state index contributed by atoms with van der Waals surface area (Å²) in [5, 5.41) is 12.6. The molecule has 3 aromatic carbocycles. The second kappa shape index (κ2) is 15.6. The van der Waals surface area contributed by atoms with Gasteiger partial charge in [-0.15, -0.1) is 0 Å². The average Bonchev–Trinajstić information content (AvgIpc) is 3.01. The highest BCUT2D eigenvalue weighted by Crippen LogP contribution is 2.22. The maximum Gasteiger partial charge on any atom is 0.309 e. The molecule has 0 saturated carbocycles. The van der Waals surface area contributed by atoms with Crippen LogP contribution in [0.15, 0.2) is 97.1 Å². The molecule has 0 unspecified atom stereocenters. The zero-order valence-corrected chi connectivity index (χ0v) is 23.5. The summed E-state index contributed by atoms with van der Waals surface area (Å²) in [5.41, 5.74) is 2.52. The molecule has 1 aliphatic heterocycles. The Morgan fingerprint density at radius 3 is 2.19 bits per heavy atom. The molecule has 7 nitrogen and oxygen atoms in total. The summed E-state index contributed by atoms with van der Waals surface area (Å²) >= 11 is 0. The fourth-order valence-electron chi connectivity index (χ4n) is 5.01. The van der Waals surface area contributed by atoms with E-state index in [1.165, 1.54) is 12.1 Å². The Labute approximate surface area is 246 Å².